The van der Waals surface area contributed by atoms with E-state index >= 15 is 0 Å². The maximum atomic E-state index is 11.3. The summed E-state index contributed by atoms with van der Waals surface area (Å²) >= 11 is 0. The van der Waals surface area contributed by atoms with Crippen LogP contribution < -0.4 is 0 Å². The highest BCUT2D eigenvalue weighted by Crippen LogP contribution is 2.29. The molecule has 1 rings (SSSR count). The highest BCUT2D eigenvalue weighted by Gasteiger charge is 2.28. The van der Waals surface area contributed by atoms with Gasteiger partial charge in [0.2, 0.25) is 0 Å². The first-order chi connectivity index (χ1) is 7.58. The zero-order valence-electron chi connectivity index (χ0n) is 9.77. The SMILES string of the molecule is CC(=O)CC(C)(OCCO)c1ccccc1. The number of ketones is 1. The van der Waals surface area contributed by atoms with E-state index in [1.165, 1.54) is 0 Å². The van der Waals surface area contributed by atoms with Crippen molar-refractivity contribution in [3.05, 3.63) is 35.9 Å². The van der Waals surface area contributed by atoms with Crippen LogP contribution in [0.2, 0.25) is 0 Å². The number of ether oxygens (including phenoxy) is 1. The Hall–Kier alpha value is -1.19. The number of carbonyl (C=O) groups excluding carboxylic acids is 1. The Labute approximate surface area is 96.1 Å². The van der Waals surface area contributed by atoms with Crippen LogP contribution in [0.5, 0.6) is 0 Å². The summed E-state index contributed by atoms with van der Waals surface area (Å²) in [5.74, 6) is 0.0734. The van der Waals surface area contributed by atoms with Crippen LogP contribution in [-0.4, -0.2) is 24.1 Å². The lowest BCUT2D eigenvalue weighted by Crippen LogP contribution is -2.29. The standard InChI is InChI=1S/C13H18O3/c1-11(15)10-13(2,16-9-8-14)12-6-4-3-5-7-12/h3-7,14H,8-10H2,1-2H3. The first-order valence-corrected chi connectivity index (χ1v) is 5.38. The predicted octanol–water partition coefficient (Wildman–Crippen LogP) is 1.89. The van der Waals surface area contributed by atoms with Crippen molar-refractivity contribution in [2.45, 2.75) is 25.9 Å². The highest BCUT2D eigenvalue weighted by atomic mass is 16.5. The molecule has 0 aliphatic rings. The average molecular weight is 222 g/mol. The van der Waals surface area contributed by atoms with Crippen LogP contribution in [0.3, 0.4) is 0 Å². The Bertz CT molecular complexity index is 334. The lowest BCUT2D eigenvalue weighted by Gasteiger charge is -2.29. The summed E-state index contributed by atoms with van der Waals surface area (Å²) in [6, 6.07) is 9.61. The van der Waals surface area contributed by atoms with Crippen molar-refractivity contribution in [1.29, 1.82) is 0 Å². The molecule has 0 aliphatic carbocycles. The molecule has 1 atom stereocenters. The van der Waals surface area contributed by atoms with Gasteiger partial charge in [0.05, 0.1) is 18.8 Å². The third-order valence-corrected chi connectivity index (χ3v) is 2.48. The van der Waals surface area contributed by atoms with Gasteiger partial charge in [0.25, 0.3) is 0 Å². The summed E-state index contributed by atoms with van der Waals surface area (Å²) in [6.07, 6.45) is 0.316. The molecular weight excluding hydrogens is 204 g/mol. The minimum atomic E-state index is -0.643. The van der Waals surface area contributed by atoms with Gasteiger partial charge in [0.15, 0.2) is 0 Å². The van der Waals surface area contributed by atoms with Crippen molar-refractivity contribution in [2.24, 2.45) is 0 Å². The average Bonchev–Trinajstić information content (AvgIpc) is 2.27. The van der Waals surface area contributed by atoms with Crippen molar-refractivity contribution < 1.29 is 14.6 Å². The van der Waals surface area contributed by atoms with E-state index in [-0.39, 0.29) is 19.0 Å². The number of carbonyl (C=O) groups is 1. The lowest BCUT2D eigenvalue weighted by atomic mass is 9.90. The molecule has 16 heavy (non-hydrogen) atoms. The topological polar surface area (TPSA) is 46.5 Å². The van der Waals surface area contributed by atoms with E-state index in [0.29, 0.717) is 6.42 Å². The molecule has 3 nitrogen and oxygen atoms in total. The number of Topliss-reactive ketones (excluding diaryl/α,β-unsaturated/α-hetero) is 1. The van der Waals surface area contributed by atoms with Crippen LogP contribution in [0.1, 0.15) is 25.8 Å². The zero-order chi connectivity index (χ0) is 12.0. The van der Waals surface area contributed by atoms with E-state index in [9.17, 15) is 4.79 Å². The van der Waals surface area contributed by atoms with Gasteiger partial charge in [-0.15, -0.1) is 0 Å². The van der Waals surface area contributed by atoms with Crippen LogP contribution in [0.25, 0.3) is 0 Å². The quantitative estimate of drug-likeness (QED) is 0.799. The molecule has 0 spiro atoms. The number of aliphatic hydroxyl groups excluding tert-OH is 1. The monoisotopic (exact) mass is 222 g/mol. The number of aliphatic hydroxyl groups is 1. The minimum Gasteiger partial charge on any atom is -0.394 e. The Morgan fingerprint density at radius 2 is 2.00 bits per heavy atom. The van der Waals surface area contributed by atoms with Crippen molar-refractivity contribution in [1.82, 2.24) is 0 Å². The minimum absolute atomic E-state index is 0.0413. The largest absolute Gasteiger partial charge is 0.394 e. The van der Waals surface area contributed by atoms with Crippen LogP contribution in [-0.2, 0) is 15.1 Å². The Kier molecular flexibility index (Phi) is 4.65. The molecule has 1 unspecified atom stereocenters. The second kappa shape index (κ2) is 5.77. The second-order valence-electron chi connectivity index (χ2n) is 4.05. The molecule has 0 fully saturated rings. The third-order valence-electron chi connectivity index (χ3n) is 2.48. The first kappa shape index (κ1) is 12.9. The van der Waals surface area contributed by atoms with Crippen LogP contribution >= 0.6 is 0 Å². The lowest BCUT2D eigenvalue weighted by molar-refractivity contribution is -0.126. The van der Waals surface area contributed by atoms with E-state index in [1.807, 2.05) is 37.3 Å². The van der Waals surface area contributed by atoms with Gasteiger partial charge in [-0.25, -0.2) is 0 Å². The molecule has 0 saturated heterocycles. The molecule has 0 aromatic heterocycles. The molecule has 1 N–H and O–H groups in total. The third kappa shape index (κ3) is 3.43. The summed E-state index contributed by atoms with van der Waals surface area (Å²) < 4.78 is 5.60. The number of hydrogen-bond donors (Lipinski definition) is 1. The second-order valence-corrected chi connectivity index (χ2v) is 4.05. The molecule has 0 amide bonds. The summed E-state index contributed by atoms with van der Waals surface area (Å²) in [7, 11) is 0. The fraction of sp³-hybridized carbons (Fsp3) is 0.462. The van der Waals surface area contributed by atoms with E-state index < -0.39 is 5.60 Å². The highest BCUT2D eigenvalue weighted by molar-refractivity contribution is 5.76. The molecular formula is C13H18O3. The first-order valence-electron chi connectivity index (χ1n) is 5.38. The molecule has 0 radical (unpaired) electrons. The molecule has 1 aromatic rings. The van der Waals surface area contributed by atoms with Gasteiger partial charge in [0, 0.05) is 6.42 Å². The Balaban J connectivity index is 2.90. The smallest absolute Gasteiger partial charge is 0.133 e. The maximum Gasteiger partial charge on any atom is 0.133 e. The van der Waals surface area contributed by atoms with Gasteiger partial charge >= 0.3 is 0 Å². The molecule has 88 valence electrons. The summed E-state index contributed by atoms with van der Waals surface area (Å²) in [4.78, 5) is 11.3. The summed E-state index contributed by atoms with van der Waals surface area (Å²) in [5.41, 5.74) is 0.314. The fourth-order valence-electron chi connectivity index (χ4n) is 1.77. The molecule has 0 heterocycles. The van der Waals surface area contributed by atoms with E-state index in [1.54, 1.807) is 6.92 Å². The van der Waals surface area contributed by atoms with Gasteiger partial charge in [-0.2, -0.15) is 0 Å². The van der Waals surface area contributed by atoms with E-state index in [2.05, 4.69) is 0 Å². The van der Waals surface area contributed by atoms with Crippen molar-refractivity contribution in [2.75, 3.05) is 13.2 Å². The zero-order valence-corrected chi connectivity index (χ0v) is 9.77. The van der Waals surface area contributed by atoms with Crippen molar-refractivity contribution in [3.63, 3.8) is 0 Å². The van der Waals surface area contributed by atoms with Gasteiger partial charge in [0.1, 0.15) is 5.78 Å². The number of benzene rings is 1. The maximum absolute atomic E-state index is 11.3. The van der Waals surface area contributed by atoms with Crippen LogP contribution in [0, 0.1) is 0 Å². The van der Waals surface area contributed by atoms with E-state index in [4.69, 9.17) is 9.84 Å². The van der Waals surface area contributed by atoms with Gasteiger partial charge in [-0.3, -0.25) is 4.79 Å². The van der Waals surface area contributed by atoms with E-state index in [0.717, 1.165) is 5.56 Å². The van der Waals surface area contributed by atoms with Crippen LogP contribution in [0.15, 0.2) is 30.3 Å². The number of hydrogen-bond acceptors (Lipinski definition) is 3. The Morgan fingerprint density at radius 3 is 2.50 bits per heavy atom. The van der Waals surface area contributed by atoms with Gasteiger partial charge < -0.3 is 9.84 Å². The number of rotatable bonds is 6. The molecule has 3 heteroatoms. The predicted molar refractivity (Wildman–Crippen MR) is 62.1 cm³/mol. The van der Waals surface area contributed by atoms with Crippen molar-refractivity contribution in [3.8, 4) is 0 Å². The summed E-state index contributed by atoms with van der Waals surface area (Å²) in [5, 5.41) is 8.80. The molecule has 0 saturated carbocycles. The Morgan fingerprint density at radius 1 is 1.38 bits per heavy atom. The van der Waals surface area contributed by atoms with Gasteiger partial charge in [-0.1, -0.05) is 30.3 Å². The van der Waals surface area contributed by atoms with Gasteiger partial charge in [-0.05, 0) is 19.4 Å². The summed E-state index contributed by atoms with van der Waals surface area (Å²) in [6.45, 7) is 3.61. The van der Waals surface area contributed by atoms with Crippen LogP contribution in [0.4, 0.5) is 0 Å². The van der Waals surface area contributed by atoms with Crippen molar-refractivity contribution >= 4 is 5.78 Å². The molecule has 0 aliphatic heterocycles. The normalized spacial score (nSPS) is 14.4. The fourth-order valence-corrected chi connectivity index (χ4v) is 1.77. The molecule has 0 bridgehead atoms. The molecule has 1 aromatic carbocycles.